The van der Waals surface area contributed by atoms with Crippen LogP contribution >= 0.6 is 15.9 Å². The Morgan fingerprint density at radius 1 is 1.22 bits per heavy atom. The number of hydrogen-bond donors (Lipinski definition) is 1. The minimum absolute atomic E-state index is 0.149. The highest BCUT2D eigenvalue weighted by atomic mass is 79.9. The SMILES string of the molecule is Cc1ccc(C)c(NC(=O)c2ccc(Br)nc2)c1. The maximum absolute atomic E-state index is 12.0. The number of nitrogens with zero attached hydrogens (tertiary/aromatic N) is 1. The molecule has 1 aromatic heterocycles. The van der Waals surface area contributed by atoms with Crippen molar-refractivity contribution in [2.24, 2.45) is 0 Å². The Labute approximate surface area is 114 Å². The number of rotatable bonds is 2. The van der Waals surface area contributed by atoms with Gasteiger partial charge < -0.3 is 5.32 Å². The zero-order valence-electron chi connectivity index (χ0n) is 10.2. The number of nitrogens with one attached hydrogen (secondary N) is 1. The van der Waals surface area contributed by atoms with Crippen LogP contribution < -0.4 is 5.32 Å². The van der Waals surface area contributed by atoms with Gasteiger partial charge in [0.15, 0.2) is 0 Å². The third-order valence-electron chi connectivity index (χ3n) is 2.63. The molecule has 1 heterocycles. The summed E-state index contributed by atoms with van der Waals surface area (Å²) in [6, 6.07) is 9.45. The number of carbonyl (C=O) groups excluding carboxylic acids is 1. The van der Waals surface area contributed by atoms with Gasteiger partial charge in [-0.05, 0) is 59.1 Å². The van der Waals surface area contributed by atoms with Crippen LogP contribution in [0.3, 0.4) is 0 Å². The lowest BCUT2D eigenvalue weighted by molar-refractivity contribution is 0.102. The van der Waals surface area contributed by atoms with Crippen LogP contribution in [0.1, 0.15) is 21.5 Å². The molecule has 92 valence electrons. The lowest BCUT2D eigenvalue weighted by Crippen LogP contribution is -2.13. The molecule has 3 nitrogen and oxygen atoms in total. The van der Waals surface area contributed by atoms with Gasteiger partial charge >= 0.3 is 0 Å². The Balaban J connectivity index is 2.21. The normalized spacial score (nSPS) is 10.2. The van der Waals surface area contributed by atoms with Crippen molar-refractivity contribution in [2.75, 3.05) is 5.32 Å². The van der Waals surface area contributed by atoms with Crippen molar-refractivity contribution in [3.8, 4) is 0 Å². The molecule has 0 spiro atoms. The Morgan fingerprint density at radius 3 is 2.67 bits per heavy atom. The number of amides is 1. The number of aromatic nitrogens is 1. The molecule has 1 amide bonds. The van der Waals surface area contributed by atoms with Crippen LogP contribution in [0.4, 0.5) is 5.69 Å². The number of halogens is 1. The monoisotopic (exact) mass is 304 g/mol. The molecule has 0 aliphatic rings. The summed E-state index contributed by atoms with van der Waals surface area (Å²) in [5.41, 5.74) is 3.53. The molecule has 2 rings (SSSR count). The van der Waals surface area contributed by atoms with Gasteiger partial charge in [0.05, 0.1) is 5.56 Å². The summed E-state index contributed by atoms with van der Waals surface area (Å²) in [6.07, 6.45) is 1.55. The predicted octanol–water partition coefficient (Wildman–Crippen LogP) is 3.71. The Morgan fingerprint density at radius 2 is 2.00 bits per heavy atom. The van der Waals surface area contributed by atoms with Crippen molar-refractivity contribution < 1.29 is 4.79 Å². The summed E-state index contributed by atoms with van der Waals surface area (Å²) in [5, 5.41) is 2.89. The highest BCUT2D eigenvalue weighted by Gasteiger charge is 2.08. The smallest absolute Gasteiger partial charge is 0.257 e. The van der Waals surface area contributed by atoms with Gasteiger partial charge in [-0.25, -0.2) is 4.98 Å². The number of benzene rings is 1. The average molecular weight is 305 g/mol. The zero-order chi connectivity index (χ0) is 13.1. The summed E-state index contributed by atoms with van der Waals surface area (Å²) in [6.45, 7) is 3.96. The van der Waals surface area contributed by atoms with Gasteiger partial charge in [-0.3, -0.25) is 4.79 Å². The summed E-state index contributed by atoms with van der Waals surface area (Å²) in [4.78, 5) is 16.1. The van der Waals surface area contributed by atoms with Gasteiger partial charge in [0.25, 0.3) is 5.91 Å². The zero-order valence-corrected chi connectivity index (χ0v) is 11.8. The summed E-state index contributed by atoms with van der Waals surface area (Å²) < 4.78 is 0.714. The predicted molar refractivity (Wildman–Crippen MR) is 75.8 cm³/mol. The fourth-order valence-electron chi connectivity index (χ4n) is 1.58. The third kappa shape index (κ3) is 2.96. The van der Waals surface area contributed by atoms with Crippen LogP contribution in [0.5, 0.6) is 0 Å². The molecule has 0 fully saturated rings. The first kappa shape index (κ1) is 12.8. The van der Waals surface area contributed by atoms with E-state index in [1.165, 1.54) is 0 Å². The standard InChI is InChI=1S/C14H13BrN2O/c1-9-3-4-10(2)12(7-9)17-14(18)11-5-6-13(15)16-8-11/h3-8H,1-2H3,(H,17,18). The molecule has 2 aromatic rings. The van der Waals surface area contributed by atoms with Gasteiger partial charge in [-0.1, -0.05) is 12.1 Å². The number of anilines is 1. The van der Waals surface area contributed by atoms with Gasteiger partial charge in [-0.2, -0.15) is 0 Å². The molecule has 18 heavy (non-hydrogen) atoms. The van der Waals surface area contributed by atoms with E-state index in [1.54, 1.807) is 18.3 Å². The molecular formula is C14H13BrN2O. The van der Waals surface area contributed by atoms with E-state index in [2.05, 4.69) is 26.2 Å². The highest BCUT2D eigenvalue weighted by Crippen LogP contribution is 2.17. The summed E-state index contributed by atoms with van der Waals surface area (Å²) >= 11 is 3.24. The van der Waals surface area contributed by atoms with Gasteiger partial charge in [-0.15, -0.1) is 0 Å². The fraction of sp³-hybridized carbons (Fsp3) is 0.143. The van der Waals surface area contributed by atoms with Crippen molar-refractivity contribution in [3.63, 3.8) is 0 Å². The van der Waals surface area contributed by atoms with Crippen LogP contribution in [0.15, 0.2) is 41.1 Å². The van der Waals surface area contributed by atoms with Gasteiger partial charge in [0.2, 0.25) is 0 Å². The van der Waals surface area contributed by atoms with Crippen molar-refractivity contribution >= 4 is 27.5 Å². The van der Waals surface area contributed by atoms with E-state index in [0.29, 0.717) is 10.2 Å². The highest BCUT2D eigenvalue weighted by molar-refractivity contribution is 9.10. The molecule has 0 saturated heterocycles. The van der Waals surface area contributed by atoms with E-state index < -0.39 is 0 Å². The second-order valence-electron chi connectivity index (χ2n) is 4.14. The van der Waals surface area contributed by atoms with E-state index in [0.717, 1.165) is 16.8 Å². The van der Waals surface area contributed by atoms with Crippen molar-refractivity contribution in [2.45, 2.75) is 13.8 Å². The molecule has 0 bridgehead atoms. The molecule has 0 atom stereocenters. The quantitative estimate of drug-likeness (QED) is 0.859. The molecule has 4 heteroatoms. The van der Waals surface area contributed by atoms with Gasteiger partial charge in [0.1, 0.15) is 4.60 Å². The maximum Gasteiger partial charge on any atom is 0.257 e. The van der Waals surface area contributed by atoms with E-state index in [4.69, 9.17) is 0 Å². The fourth-order valence-corrected chi connectivity index (χ4v) is 1.81. The van der Waals surface area contributed by atoms with Crippen molar-refractivity contribution in [1.82, 2.24) is 4.98 Å². The largest absolute Gasteiger partial charge is 0.322 e. The summed E-state index contributed by atoms with van der Waals surface area (Å²) in [5.74, 6) is -0.149. The molecule has 0 radical (unpaired) electrons. The van der Waals surface area contributed by atoms with E-state index in [1.807, 2.05) is 32.0 Å². The topological polar surface area (TPSA) is 42.0 Å². The number of pyridine rings is 1. The minimum atomic E-state index is -0.149. The van der Waals surface area contributed by atoms with Crippen LogP contribution in [-0.4, -0.2) is 10.9 Å². The molecule has 1 N–H and O–H groups in total. The maximum atomic E-state index is 12.0. The van der Waals surface area contributed by atoms with E-state index >= 15 is 0 Å². The first-order valence-electron chi connectivity index (χ1n) is 5.56. The first-order valence-corrected chi connectivity index (χ1v) is 6.36. The van der Waals surface area contributed by atoms with E-state index in [9.17, 15) is 4.79 Å². The van der Waals surface area contributed by atoms with Crippen LogP contribution in [0.25, 0.3) is 0 Å². The van der Waals surface area contributed by atoms with Crippen molar-refractivity contribution in [3.05, 3.63) is 57.8 Å². The number of hydrogen-bond acceptors (Lipinski definition) is 2. The number of aryl methyl sites for hydroxylation is 2. The number of carbonyl (C=O) groups is 1. The summed E-state index contributed by atoms with van der Waals surface area (Å²) in [7, 11) is 0. The lowest BCUT2D eigenvalue weighted by Gasteiger charge is -2.09. The van der Waals surface area contributed by atoms with Crippen LogP contribution in [0, 0.1) is 13.8 Å². The van der Waals surface area contributed by atoms with E-state index in [-0.39, 0.29) is 5.91 Å². The molecule has 0 saturated carbocycles. The van der Waals surface area contributed by atoms with Crippen LogP contribution in [0.2, 0.25) is 0 Å². The average Bonchev–Trinajstić information content (AvgIpc) is 2.34. The molecule has 0 aliphatic carbocycles. The second-order valence-corrected chi connectivity index (χ2v) is 4.95. The lowest BCUT2D eigenvalue weighted by atomic mass is 10.1. The molecule has 0 aliphatic heterocycles. The Kier molecular flexibility index (Phi) is 3.77. The Bertz CT molecular complexity index is 579. The Hall–Kier alpha value is -1.68. The molecule has 1 aromatic carbocycles. The first-order chi connectivity index (χ1) is 8.56. The minimum Gasteiger partial charge on any atom is -0.322 e. The molecular weight excluding hydrogens is 292 g/mol. The van der Waals surface area contributed by atoms with Gasteiger partial charge in [0, 0.05) is 11.9 Å². The van der Waals surface area contributed by atoms with Crippen molar-refractivity contribution in [1.29, 1.82) is 0 Å². The van der Waals surface area contributed by atoms with Crippen LogP contribution in [-0.2, 0) is 0 Å². The third-order valence-corrected chi connectivity index (χ3v) is 3.10. The second kappa shape index (κ2) is 5.31. The molecule has 0 unspecified atom stereocenters.